The lowest BCUT2D eigenvalue weighted by Gasteiger charge is -2.28. The standard InChI is InChI=1S/C17H24N4O/c1-13-11-22-15-8-6-5-7-14(15)9-20(13)10-16-18-12-19-21(16)17(2,3)4/h5-8,12-13H,9-11H2,1-4H3. The van der Waals surface area contributed by atoms with Crippen LogP contribution in [0.5, 0.6) is 5.75 Å². The molecule has 22 heavy (non-hydrogen) atoms. The van der Waals surface area contributed by atoms with Crippen molar-refractivity contribution in [3.05, 3.63) is 42.0 Å². The first kappa shape index (κ1) is 15.0. The zero-order chi connectivity index (χ0) is 15.7. The molecular formula is C17H24N4O. The maximum atomic E-state index is 5.92. The second-order valence-corrected chi connectivity index (χ2v) is 6.93. The molecule has 1 atom stereocenters. The molecule has 0 saturated carbocycles. The fraction of sp³-hybridized carbons (Fsp3) is 0.529. The van der Waals surface area contributed by atoms with Crippen molar-refractivity contribution in [2.45, 2.75) is 52.4 Å². The van der Waals surface area contributed by atoms with E-state index in [9.17, 15) is 0 Å². The summed E-state index contributed by atoms with van der Waals surface area (Å²) in [5.74, 6) is 1.99. The van der Waals surface area contributed by atoms with Crippen molar-refractivity contribution in [3.8, 4) is 5.75 Å². The van der Waals surface area contributed by atoms with Crippen LogP contribution in [0, 0.1) is 0 Å². The Kier molecular flexibility index (Phi) is 3.91. The lowest BCUT2D eigenvalue weighted by molar-refractivity contribution is 0.143. The fourth-order valence-electron chi connectivity index (χ4n) is 2.79. The van der Waals surface area contributed by atoms with Crippen LogP contribution in [0.1, 0.15) is 39.1 Å². The maximum Gasteiger partial charge on any atom is 0.141 e. The zero-order valence-electron chi connectivity index (χ0n) is 13.8. The highest BCUT2D eigenvalue weighted by atomic mass is 16.5. The van der Waals surface area contributed by atoms with E-state index in [0.29, 0.717) is 12.6 Å². The van der Waals surface area contributed by atoms with E-state index >= 15 is 0 Å². The molecule has 1 unspecified atom stereocenters. The van der Waals surface area contributed by atoms with E-state index in [1.165, 1.54) is 5.56 Å². The van der Waals surface area contributed by atoms with Crippen LogP contribution < -0.4 is 4.74 Å². The molecule has 118 valence electrons. The van der Waals surface area contributed by atoms with Crippen LogP contribution >= 0.6 is 0 Å². The van der Waals surface area contributed by atoms with Crippen LogP contribution in [0.4, 0.5) is 0 Å². The minimum Gasteiger partial charge on any atom is -0.492 e. The van der Waals surface area contributed by atoms with Gasteiger partial charge in [-0.3, -0.25) is 4.90 Å². The first-order valence-corrected chi connectivity index (χ1v) is 7.79. The fourth-order valence-corrected chi connectivity index (χ4v) is 2.79. The van der Waals surface area contributed by atoms with Crippen LogP contribution in [-0.4, -0.2) is 32.3 Å². The van der Waals surface area contributed by atoms with Crippen molar-refractivity contribution in [2.24, 2.45) is 0 Å². The zero-order valence-corrected chi connectivity index (χ0v) is 13.8. The van der Waals surface area contributed by atoms with Crippen LogP contribution in [0.2, 0.25) is 0 Å². The average Bonchev–Trinajstić information content (AvgIpc) is 2.87. The molecule has 1 aromatic carbocycles. The Balaban J connectivity index is 1.84. The van der Waals surface area contributed by atoms with Gasteiger partial charge >= 0.3 is 0 Å². The number of fused-ring (bicyclic) bond motifs is 1. The van der Waals surface area contributed by atoms with Gasteiger partial charge in [0.25, 0.3) is 0 Å². The molecule has 2 heterocycles. The van der Waals surface area contributed by atoms with Gasteiger partial charge in [0.1, 0.15) is 24.5 Å². The van der Waals surface area contributed by atoms with Gasteiger partial charge in [-0.2, -0.15) is 5.10 Å². The Morgan fingerprint density at radius 3 is 2.82 bits per heavy atom. The average molecular weight is 300 g/mol. The molecule has 2 aromatic rings. The van der Waals surface area contributed by atoms with E-state index < -0.39 is 0 Å². The summed E-state index contributed by atoms with van der Waals surface area (Å²) >= 11 is 0. The van der Waals surface area contributed by atoms with Crippen molar-refractivity contribution in [2.75, 3.05) is 6.61 Å². The van der Waals surface area contributed by atoms with E-state index in [2.05, 4.69) is 54.8 Å². The normalized spacial score (nSPS) is 19.4. The number of rotatable bonds is 2. The molecule has 0 fully saturated rings. The maximum absolute atomic E-state index is 5.92. The van der Waals surface area contributed by atoms with Crippen molar-refractivity contribution < 1.29 is 4.74 Å². The van der Waals surface area contributed by atoms with Gasteiger partial charge in [-0.05, 0) is 33.8 Å². The molecule has 1 aromatic heterocycles. The predicted octanol–water partition coefficient (Wildman–Crippen LogP) is 2.82. The van der Waals surface area contributed by atoms with E-state index in [4.69, 9.17) is 4.74 Å². The summed E-state index contributed by atoms with van der Waals surface area (Å²) in [5, 5.41) is 4.39. The van der Waals surface area contributed by atoms with E-state index in [0.717, 1.165) is 24.7 Å². The Hall–Kier alpha value is -1.88. The molecule has 0 N–H and O–H groups in total. The highest BCUT2D eigenvalue weighted by Gasteiger charge is 2.25. The number of hydrogen-bond acceptors (Lipinski definition) is 4. The molecule has 1 aliphatic rings. The number of ether oxygens (including phenoxy) is 1. The summed E-state index contributed by atoms with van der Waals surface area (Å²) in [6.45, 7) is 11.0. The van der Waals surface area contributed by atoms with Crippen LogP contribution in [-0.2, 0) is 18.6 Å². The molecule has 0 spiro atoms. The number of aromatic nitrogens is 3. The Morgan fingerprint density at radius 2 is 2.05 bits per heavy atom. The van der Waals surface area contributed by atoms with Gasteiger partial charge in [0, 0.05) is 18.2 Å². The van der Waals surface area contributed by atoms with E-state index in [-0.39, 0.29) is 5.54 Å². The molecular weight excluding hydrogens is 276 g/mol. The summed E-state index contributed by atoms with van der Waals surface area (Å²) in [6, 6.07) is 8.60. The van der Waals surface area contributed by atoms with Crippen LogP contribution in [0.15, 0.2) is 30.6 Å². The third kappa shape index (κ3) is 2.99. The van der Waals surface area contributed by atoms with Crippen molar-refractivity contribution in [1.82, 2.24) is 19.7 Å². The van der Waals surface area contributed by atoms with Gasteiger partial charge in [0.2, 0.25) is 0 Å². The highest BCUT2D eigenvalue weighted by molar-refractivity contribution is 5.34. The van der Waals surface area contributed by atoms with Gasteiger partial charge in [-0.1, -0.05) is 18.2 Å². The number of hydrogen-bond donors (Lipinski definition) is 0. The number of para-hydroxylation sites is 1. The van der Waals surface area contributed by atoms with Gasteiger partial charge in [0.15, 0.2) is 0 Å². The summed E-state index contributed by atoms with van der Waals surface area (Å²) in [5.41, 5.74) is 1.17. The highest BCUT2D eigenvalue weighted by Crippen LogP contribution is 2.26. The Labute approximate surface area is 131 Å². The van der Waals surface area contributed by atoms with Crippen molar-refractivity contribution in [3.63, 3.8) is 0 Å². The number of benzene rings is 1. The summed E-state index contributed by atoms with van der Waals surface area (Å²) in [7, 11) is 0. The van der Waals surface area contributed by atoms with Crippen LogP contribution in [0.3, 0.4) is 0 Å². The van der Waals surface area contributed by atoms with Crippen LogP contribution in [0.25, 0.3) is 0 Å². The topological polar surface area (TPSA) is 43.2 Å². The third-order valence-electron chi connectivity index (χ3n) is 4.05. The Bertz CT molecular complexity index is 644. The first-order valence-electron chi connectivity index (χ1n) is 7.79. The molecule has 3 rings (SSSR count). The molecule has 0 bridgehead atoms. The molecule has 0 aliphatic carbocycles. The van der Waals surface area contributed by atoms with E-state index in [1.807, 2.05) is 16.8 Å². The Morgan fingerprint density at radius 1 is 1.27 bits per heavy atom. The summed E-state index contributed by atoms with van der Waals surface area (Å²) < 4.78 is 7.93. The van der Waals surface area contributed by atoms with Crippen molar-refractivity contribution in [1.29, 1.82) is 0 Å². The lowest BCUT2D eigenvalue weighted by atomic mass is 10.1. The summed E-state index contributed by atoms with van der Waals surface area (Å²) in [4.78, 5) is 6.87. The predicted molar refractivity (Wildman–Crippen MR) is 85.7 cm³/mol. The molecule has 5 nitrogen and oxygen atoms in total. The quantitative estimate of drug-likeness (QED) is 0.855. The molecule has 0 amide bonds. The largest absolute Gasteiger partial charge is 0.492 e. The molecule has 0 saturated heterocycles. The first-order chi connectivity index (χ1) is 10.4. The van der Waals surface area contributed by atoms with Crippen molar-refractivity contribution >= 4 is 0 Å². The minimum absolute atomic E-state index is 0.0602. The van der Waals surface area contributed by atoms with Gasteiger partial charge in [0.05, 0.1) is 12.1 Å². The minimum atomic E-state index is -0.0602. The molecule has 1 aliphatic heterocycles. The van der Waals surface area contributed by atoms with Gasteiger partial charge in [-0.25, -0.2) is 9.67 Å². The second-order valence-electron chi connectivity index (χ2n) is 6.93. The smallest absolute Gasteiger partial charge is 0.141 e. The van der Waals surface area contributed by atoms with Gasteiger partial charge < -0.3 is 4.74 Å². The second kappa shape index (κ2) is 5.72. The van der Waals surface area contributed by atoms with Gasteiger partial charge in [-0.15, -0.1) is 0 Å². The summed E-state index contributed by atoms with van der Waals surface area (Å²) in [6.07, 6.45) is 1.65. The molecule has 5 heteroatoms. The number of nitrogens with zero attached hydrogens (tertiary/aromatic N) is 4. The lowest BCUT2D eigenvalue weighted by Crippen LogP contribution is -2.36. The monoisotopic (exact) mass is 300 g/mol. The SMILES string of the molecule is CC1COc2ccccc2CN1Cc1ncnn1C(C)(C)C. The third-order valence-corrected chi connectivity index (χ3v) is 4.05. The van der Waals surface area contributed by atoms with E-state index in [1.54, 1.807) is 6.33 Å². The molecule has 0 radical (unpaired) electrons.